The van der Waals surface area contributed by atoms with Crippen LogP contribution in [-0.2, 0) is 0 Å². The van der Waals surface area contributed by atoms with Crippen LogP contribution in [-0.4, -0.2) is 25.0 Å². The topological polar surface area (TPSA) is 71.8 Å². The van der Waals surface area contributed by atoms with Crippen LogP contribution in [0, 0.1) is 0 Å². The second kappa shape index (κ2) is 7.13. The fourth-order valence-electron chi connectivity index (χ4n) is 3.25. The van der Waals surface area contributed by atoms with Crippen molar-refractivity contribution in [2.45, 2.75) is 0 Å². The van der Waals surface area contributed by atoms with Gasteiger partial charge in [-0.1, -0.05) is 18.2 Å². The van der Waals surface area contributed by atoms with Crippen molar-refractivity contribution in [3.8, 4) is 5.75 Å². The largest absolute Gasteiger partial charge is 0.507 e. The second-order valence-corrected chi connectivity index (χ2v) is 6.61. The molecule has 0 aliphatic heterocycles. The minimum Gasteiger partial charge on any atom is -0.507 e. The highest BCUT2D eigenvalue weighted by molar-refractivity contribution is 5.93. The van der Waals surface area contributed by atoms with Gasteiger partial charge in [-0.25, -0.2) is 19.9 Å². The van der Waals surface area contributed by atoms with Gasteiger partial charge in [0.2, 0.25) is 0 Å². The predicted octanol–water partition coefficient (Wildman–Crippen LogP) is 4.87. The molecule has 0 aliphatic carbocycles. The van der Waals surface area contributed by atoms with Gasteiger partial charge in [0.25, 0.3) is 0 Å². The Labute approximate surface area is 167 Å². The highest BCUT2D eigenvalue weighted by atomic mass is 16.3. The highest BCUT2D eigenvalue weighted by Crippen LogP contribution is 2.29. The molecule has 0 aliphatic rings. The maximum atomic E-state index is 10.3. The van der Waals surface area contributed by atoms with Crippen molar-refractivity contribution in [1.29, 1.82) is 0 Å². The molecule has 0 atom stereocenters. The first-order valence-corrected chi connectivity index (χ1v) is 9.22. The van der Waals surface area contributed by atoms with Gasteiger partial charge in [0.1, 0.15) is 5.75 Å². The van der Waals surface area contributed by atoms with E-state index in [2.05, 4.69) is 9.97 Å². The van der Waals surface area contributed by atoms with E-state index in [1.54, 1.807) is 24.5 Å². The van der Waals surface area contributed by atoms with Gasteiger partial charge in [0, 0.05) is 34.3 Å². The van der Waals surface area contributed by atoms with Crippen molar-refractivity contribution in [2.75, 3.05) is 0 Å². The monoisotopic (exact) mass is 376 g/mol. The Morgan fingerprint density at radius 2 is 1.24 bits per heavy atom. The van der Waals surface area contributed by atoms with Gasteiger partial charge in [0.05, 0.1) is 11.4 Å². The molecule has 5 heteroatoms. The molecule has 5 aromatic rings. The summed E-state index contributed by atoms with van der Waals surface area (Å²) >= 11 is 0. The number of fused-ring (bicyclic) bond motifs is 2. The van der Waals surface area contributed by atoms with E-state index in [1.165, 1.54) is 0 Å². The number of rotatable bonds is 3. The lowest BCUT2D eigenvalue weighted by atomic mass is 10.0. The molecule has 0 amide bonds. The first-order chi connectivity index (χ1) is 14.3. The average Bonchev–Trinajstić information content (AvgIpc) is 2.78. The molecular formula is C24H16N4O. The van der Waals surface area contributed by atoms with E-state index in [0.717, 1.165) is 27.7 Å². The summed E-state index contributed by atoms with van der Waals surface area (Å²) in [6.45, 7) is 0. The number of hydrogen-bond acceptors (Lipinski definition) is 5. The Hall–Kier alpha value is -4.12. The van der Waals surface area contributed by atoms with Gasteiger partial charge in [-0.15, -0.1) is 0 Å². The lowest BCUT2D eigenvalue weighted by Gasteiger charge is -2.10. The quantitative estimate of drug-likeness (QED) is 0.486. The molecule has 138 valence electrons. The molecule has 0 unspecified atom stereocenters. The summed E-state index contributed by atoms with van der Waals surface area (Å²) in [4.78, 5) is 18.2. The fourth-order valence-corrected chi connectivity index (χ4v) is 3.25. The first-order valence-electron chi connectivity index (χ1n) is 9.22. The number of benzene rings is 1. The zero-order valence-corrected chi connectivity index (χ0v) is 15.4. The summed E-state index contributed by atoms with van der Waals surface area (Å²) in [7, 11) is 0. The molecule has 0 bridgehead atoms. The number of aromatic hydroxyl groups is 1. The van der Waals surface area contributed by atoms with Crippen molar-refractivity contribution >= 4 is 33.7 Å². The number of para-hydroxylation sites is 1. The summed E-state index contributed by atoms with van der Waals surface area (Å²) in [6.07, 6.45) is 5.34. The third kappa shape index (κ3) is 3.30. The average molecular weight is 376 g/mol. The fraction of sp³-hybridized carbons (Fsp3) is 0. The number of phenols is 1. The third-order valence-electron chi connectivity index (χ3n) is 4.72. The van der Waals surface area contributed by atoms with Gasteiger partial charge >= 0.3 is 0 Å². The number of hydrogen-bond donors (Lipinski definition) is 1. The smallest absolute Gasteiger partial charge is 0.159 e. The summed E-state index contributed by atoms with van der Waals surface area (Å²) in [5, 5.41) is 12.2. The van der Waals surface area contributed by atoms with Crippen LogP contribution in [0.4, 0.5) is 0 Å². The molecule has 1 aromatic carbocycles. The van der Waals surface area contributed by atoms with E-state index < -0.39 is 0 Å². The lowest BCUT2D eigenvalue weighted by molar-refractivity contribution is 0.474. The molecule has 0 fully saturated rings. The zero-order valence-electron chi connectivity index (χ0n) is 15.4. The van der Waals surface area contributed by atoms with E-state index >= 15 is 0 Å². The summed E-state index contributed by atoms with van der Waals surface area (Å²) in [6, 6.07) is 22.8. The number of phenolic OH excluding ortho intramolecular Hbond substituents is 1. The molecule has 0 saturated carbocycles. The van der Waals surface area contributed by atoms with Crippen LogP contribution in [0.2, 0.25) is 0 Å². The molecule has 1 N–H and O–H groups in total. The normalized spacial score (nSPS) is 10.9. The highest BCUT2D eigenvalue weighted by Gasteiger charge is 2.12. The van der Waals surface area contributed by atoms with E-state index in [1.807, 2.05) is 66.7 Å². The van der Waals surface area contributed by atoms with Gasteiger partial charge in [0.15, 0.2) is 11.3 Å². The maximum absolute atomic E-state index is 10.3. The molecule has 0 radical (unpaired) electrons. The van der Waals surface area contributed by atoms with Gasteiger partial charge in [-0.2, -0.15) is 0 Å². The van der Waals surface area contributed by atoms with Crippen LogP contribution in [0.1, 0.15) is 17.0 Å². The SMILES string of the molecule is Oc1ccccc1C=C(c1ccc2cccnc2n1)c1ccc2cccnc2n1. The Kier molecular flexibility index (Phi) is 4.18. The molecular weight excluding hydrogens is 360 g/mol. The molecule has 4 aromatic heterocycles. The summed E-state index contributed by atoms with van der Waals surface area (Å²) < 4.78 is 0. The zero-order chi connectivity index (χ0) is 19.6. The van der Waals surface area contributed by atoms with Crippen molar-refractivity contribution < 1.29 is 5.11 Å². The standard InChI is InChI=1S/C24H16N4O/c29-22-8-2-1-5-18(22)15-19(20-11-9-16-6-3-13-25-23(16)27-20)21-12-10-17-7-4-14-26-24(17)28-21/h1-15,29H. The third-order valence-corrected chi connectivity index (χ3v) is 4.72. The van der Waals surface area contributed by atoms with E-state index in [-0.39, 0.29) is 5.75 Å². The Balaban J connectivity index is 1.74. The molecule has 0 spiro atoms. The minimum absolute atomic E-state index is 0.197. The maximum Gasteiger partial charge on any atom is 0.159 e. The number of pyridine rings is 4. The molecule has 5 nitrogen and oxygen atoms in total. The first kappa shape index (κ1) is 17.0. The van der Waals surface area contributed by atoms with Crippen LogP contribution in [0.5, 0.6) is 5.75 Å². The Morgan fingerprint density at radius 3 is 1.83 bits per heavy atom. The summed E-state index contributed by atoms with van der Waals surface area (Å²) in [5.74, 6) is 0.197. The van der Waals surface area contributed by atoms with Crippen LogP contribution in [0.25, 0.3) is 33.7 Å². The van der Waals surface area contributed by atoms with Crippen molar-refractivity contribution in [2.24, 2.45) is 0 Å². The minimum atomic E-state index is 0.197. The molecule has 0 saturated heterocycles. The Bertz CT molecular complexity index is 1300. The number of nitrogens with zero attached hydrogens (tertiary/aromatic N) is 4. The lowest BCUT2D eigenvalue weighted by Crippen LogP contribution is -1.97. The van der Waals surface area contributed by atoms with Gasteiger partial charge in [-0.05, 0) is 60.7 Å². The van der Waals surface area contributed by atoms with E-state index in [4.69, 9.17) is 9.97 Å². The van der Waals surface area contributed by atoms with Gasteiger partial charge < -0.3 is 5.11 Å². The van der Waals surface area contributed by atoms with E-state index in [0.29, 0.717) is 16.9 Å². The van der Waals surface area contributed by atoms with Crippen LogP contribution < -0.4 is 0 Å². The number of aromatic nitrogens is 4. The van der Waals surface area contributed by atoms with Crippen molar-refractivity contribution in [3.05, 3.63) is 102 Å². The van der Waals surface area contributed by atoms with Crippen molar-refractivity contribution in [1.82, 2.24) is 19.9 Å². The molecule has 29 heavy (non-hydrogen) atoms. The summed E-state index contributed by atoms with van der Waals surface area (Å²) in [5.41, 5.74) is 4.24. The van der Waals surface area contributed by atoms with Crippen LogP contribution >= 0.6 is 0 Å². The van der Waals surface area contributed by atoms with Crippen LogP contribution in [0.15, 0.2) is 85.2 Å². The van der Waals surface area contributed by atoms with Gasteiger partial charge in [-0.3, -0.25) is 0 Å². The van der Waals surface area contributed by atoms with Crippen molar-refractivity contribution in [3.63, 3.8) is 0 Å². The van der Waals surface area contributed by atoms with Crippen LogP contribution in [0.3, 0.4) is 0 Å². The van der Waals surface area contributed by atoms with E-state index in [9.17, 15) is 5.11 Å². The second-order valence-electron chi connectivity index (χ2n) is 6.61. The predicted molar refractivity (Wildman–Crippen MR) is 114 cm³/mol. The Morgan fingerprint density at radius 1 is 0.655 bits per heavy atom. The molecule has 4 heterocycles. The molecule has 5 rings (SSSR count).